The molecular weight excluding hydrogens is 356 g/mol. The van der Waals surface area contributed by atoms with Crippen LogP contribution < -0.4 is 10.6 Å². The van der Waals surface area contributed by atoms with Crippen LogP contribution in [0.2, 0.25) is 0 Å². The Labute approximate surface area is 167 Å². The average molecular weight is 389 g/mol. The third-order valence-corrected chi connectivity index (χ3v) is 4.80. The minimum Gasteiger partial charge on any atom is -0.444 e. The molecule has 6 heteroatoms. The largest absolute Gasteiger partial charge is 0.444 e. The van der Waals surface area contributed by atoms with Gasteiger partial charge in [0.05, 0.1) is 12.1 Å². The Bertz CT molecular complexity index is 694. The number of carbonyl (C=O) groups excluding carboxylic acids is 2. The number of aliphatic hydroxyl groups excluding tert-OH is 1. The Morgan fingerprint density at radius 3 is 2.54 bits per heavy atom. The summed E-state index contributed by atoms with van der Waals surface area (Å²) in [7, 11) is 1.58. The first kappa shape index (κ1) is 22.0. The van der Waals surface area contributed by atoms with Crippen molar-refractivity contribution < 1.29 is 19.4 Å². The summed E-state index contributed by atoms with van der Waals surface area (Å²) in [6, 6.07) is 9.09. The Kier molecular flexibility index (Phi) is 7.63. The van der Waals surface area contributed by atoms with Crippen molar-refractivity contribution >= 4 is 12.0 Å². The Balaban J connectivity index is 2.23. The number of nitrogens with one attached hydrogen (secondary N) is 2. The van der Waals surface area contributed by atoms with Gasteiger partial charge >= 0.3 is 6.09 Å². The number of allylic oxidation sites excluding steroid dienone is 1. The SMILES string of the molecule is CNC(=O)C1=CCCCC1C(O)C(Cc1ccccc1)NC(=O)OC(C)(C)C. The topological polar surface area (TPSA) is 87.7 Å². The van der Waals surface area contributed by atoms with Crippen molar-refractivity contribution in [3.8, 4) is 0 Å². The van der Waals surface area contributed by atoms with Gasteiger partial charge in [-0.25, -0.2) is 4.79 Å². The maximum absolute atomic E-state index is 12.4. The van der Waals surface area contributed by atoms with Gasteiger partial charge in [-0.15, -0.1) is 0 Å². The molecule has 1 aromatic carbocycles. The van der Waals surface area contributed by atoms with Crippen LogP contribution in [-0.2, 0) is 16.0 Å². The molecule has 3 unspecified atom stereocenters. The number of likely N-dealkylation sites (N-methyl/N-ethyl adjacent to an activating group) is 1. The Morgan fingerprint density at radius 2 is 1.93 bits per heavy atom. The van der Waals surface area contributed by atoms with E-state index in [1.807, 2.05) is 36.4 Å². The molecule has 3 atom stereocenters. The second-order valence-corrected chi connectivity index (χ2v) is 8.21. The lowest BCUT2D eigenvalue weighted by Crippen LogP contribution is -2.50. The highest BCUT2D eigenvalue weighted by Crippen LogP contribution is 2.30. The van der Waals surface area contributed by atoms with Crippen molar-refractivity contribution in [3.05, 3.63) is 47.5 Å². The highest BCUT2D eigenvalue weighted by Gasteiger charge is 2.35. The summed E-state index contributed by atoms with van der Waals surface area (Å²) < 4.78 is 5.38. The zero-order valence-electron chi connectivity index (χ0n) is 17.2. The van der Waals surface area contributed by atoms with Crippen molar-refractivity contribution in [2.45, 2.75) is 64.2 Å². The quantitative estimate of drug-likeness (QED) is 0.699. The minimum atomic E-state index is -0.906. The van der Waals surface area contributed by atoms with E-state index in [9.17, 15) is 14.7 Å². The van der Waals surface area contributed by atoms with Crippen LogP contribution in [0.4, 0.5) is 4.79 Å². The molecule has 0 spiro atoms. The van der Waals surface area contributed by atoms with E-state index in [0.717, 1.165) is 18.4 Å². The molecule has 0 fully saturated rings. The Morgan fingerprint density at radius 1 is 1.25 bits per heavy atom. The average Bonchev–Trinajstić information content (AvgIpc) is 2.65. The molecule has 1 aromatic rings. The second kappa shape index (κ2) is 9.73. The first-order valence-electron chi connectivity index (χ1n) is 9.85. The lowest BCUT2D eigenvalue weighted by atomic mass is 9.79. The molecule has 0 radical (unpaired) electrons. The number of hydrogen-bond donors (Lipinski definition) is 3. The van der Waals surface area contributed by atoms with Crippen LogP contribution in [0.3, 0.4) is 0 Å². The number of amides is 2. The normalized spacial score (nSPS) is 19.2. The van der Waals surface area contributed by atoms with E-state index >= 15 is 0 Å². The van der Waals surface area contributed by atoms with E-state index in [4.69, 9.17) is 4.74 Å². The molecule has 3 N–H and O–H groups in total. The van der Waals surface area contributed by atoms with Crippen molar-refractivity contribution in [2.75, 3.05) is 7.05 Å². The van der Waals surface area contributed by atoms with Crippen LogP contribution >= 0.6 is 0 Å². The van der Waals surface area contributed by atoms with Gasteiger partial charge in [-0.1, -0.05) is 36.4 Å². The predicted molar refractivity (Wildman–Crippen MR) is 109 cm³/mol. The van der Waals surface area contributed by atoms with Crippen LogP contribution in [0.25, 0.3) is 0 Å². The minimum absolute atomic E-state index is 0.181. The zero-order valence-corrected chi connectivity index (χ0v) is 17.2. The first-order chi connectivity index (χ1) is 13.2. The zero-order chi connectivity index (χ0) is 20.7. The summed E-state index contributed by atoms with van der Waals surface area (Å²) >= 11 is 0. The number of alkyl carbamates (subject to hydrolysis) is 1. The summed E-state index contributed by atoms with van der Waals surface area (Å²) in [5.74, 6) is -0.517. The first-order valence-corrected chi connectivity index (χ1v) is 9.85. The molecule has 154 valence electrons. The van der Waals surface area contributed by atoms with Gasteiger partial charge in [0, 0.05) is 18.5 Å². The predicted octanol–water partition coefficient (Wildman–Crippen LogP) is 2.96. The van der Waals surface area contributed by atoms with E-state index in [0.29, 0.717) is 18.4 Å². The third kappa shape index (κ3) is 6.37. The van der Waals surface area contributed by atoms with Gasteiger partial charge in [-0.3, -0.25) is 4.79 Å². The van der Waals surface area contributed by atoms with Gasteiger partial charge in [0.15, 0.2) is 0 Å². The van der Waals surface area contributed by atoms with Gasteiger partial charge in [-0.2, -0.15) is 0 Å². The molecule has 2 amide bonds. The fraction of sp³-hybridized carbons (Fsp3) is 0.545. The van der Waals surface area contributed by atoms with Crippen LogP contribution in [-0.4, -0.2) is 41.9 Å². The number of hydrogen-bond acceptors (Lipinski definition) is 4. The number of aliphatic hydroxyl groups is 1. The van der Waals surface area contributed by atoms with Crippen molar-refractivity contribution in [1.29, 1.82) is 0 Å². The molecular formula is C22H32N2O4. The fourth-order valence-electron chi connectivity index (χ4n) is 3.53. The molecule has 1 aliphatic rings. The highest BCUT2D eigenvalue weighted by atomic mass is 16.6. The van der Waals surface area contributed by atoms with E-state index in [2.05, 4.69) is 10.6 Å². The molecule has 0 aromatic heterocycles. The Hall–Kier alpha value is -2.34. The van der Waals surface area contributed by atoms with E-state index in [1.165, 1.54) is 0 Å². The lowest BCUT2D eigenvalue weighted by Gasteiger charge is -2.34. The fourth-order valence-corrected chi connectivity index (χ4v) is 3.53. The lowest BCUT2D eigenvalue weighted by molar-refractivity contribution is -0.118. The van der Waals surface area contributed by atoms with Crippen LogP contribution in [0, 0.1) is 5.92 Å². The van der Waals surface area contributed by atoms with Crippen LogP contribution in [0.5, 0.6) is 0 Å². The third-order valence-electron chi connectivity index (χ3n) is 4.80. The van der Waals surface area contributed by atoms with Gasteiger partial charge in [0.1, 0.15) is 5.60 Å². The molecule has 0 aliphatic heterocycles. The molecule has 2 rings (SSSR count). The van der Waals surface area contributed by atoms with Crippen molar-refractivity contribution in [3.63, 3.8) is 0 Å². The summed E-state index contributed by atoms with van der Waals surface area (Å²) in [5.41, 5.74) is 0.943. The smallest absolute Gasteiger partial charge is 0.407 e. The number of benzene rings is 1. The van der Waals surface area contributed by atoms with Crippen LogP contribution in [0.1, 0.15) is 45.6 Å². The van der Waals surface area contributed by atoms with E-state index < -0.39 is 23.8 Å². The standard InChI is InChI=1S/C22H32N2O4/c1-22(2,3)28-21(27)24-18(14-15-10-6-5-7-11-15)19(25)16-12-8-9-13-17(16)20(26)23-4/h5-7,10-11,13,16,18-19,25H,8-9,12,14H2,1-4H3,(H,23,26)(H,24,27). The molecule has 0 saturated heterocycles. The summed E-state index contributed by atoms with van der Waals surface area (Å²) in [4.78, 5) is 24.6. The number of ether oxygens (including phenoxy) is 1. The van der Waals surface area contributed by atoms with Crippen molar-refractivity contribution in [1.82, 2.24) is 10.6 Å². The molecule has 28 heavy (non-hydrogen) atoms. The molecule has 0 heterocycles. The molecule has 0 saturated carbocycles. The summed E-state index contributed by atoms with van der Waals surface area (Å²) in [5, 5.41) is 16.6. The molecule has 1 aliphatic carbocycles. The van der Waals surface area contributed by atoms with Gasteiger partial charge in [0.2, 0.25) is 5.91 Å². The van der Waals surface area contributed by atoms with Gasteiger partial charge < -0.3 is 20.5 Å². The van der Waals surface area contributed by atoms with Crippen LogP contribution in [0.15, 0.2) is 42.0 Å². The van der Waals surface area contributed by atoms with Crippen molar-refractivity contribution in [2.24, 2.45) is 5.92 Å². The number of rotatable bonds is 6. The monoisotopic (exact) mass is 388 g/mol. The molecule has 0 bridgehead atoms. The summed E-state index contributed by atoms with van der Waals surface area (Å²) in [6.07, 6.45) is 3.26. The highest BCUT2D eigenvalue weighted by molar-refractivity contribution is 5.94. The second-order valence-electron chi connectivity index (χ2n) is 8.21. The molecule has 6 nitrogen and oxygen atoms in total. The maximum atomic E-state index is 12.4. The number of carbonyl (C=O) groups is 2. The van der Waals surface area contributed by atoms with E-state index in [-0.39, 0.29) is 11.8 Å². The maximum Gasteiger partial charge on any atom is 0.407 e. The van der Waals surface area contributed by atoms with Gasteiger partial charge in [-0.05, 0) is 52.0 Å². The summed E-state index contributed by atoms with van der Waals surface area (Å²) in [6.45, 7) is 5.38. The van der Waals surface area contributed by atoms with Gasteiger partial charge in [0.25, 0.3) is 0 Å². The van der Waals surface area contributed by atoms with E-state index in [1.54, 1.807) is 27.8 Å².